The zero-order valence-electron chi connectivity index (χ0n) is 31.9. The lowest BCUT2D eigenvalue weighted by Crippen LogP contribution is -2.14. The van der Waals surface area contributed by atoms with Gasteiger partial charge in [-0.05, 0) is 115 Å². The van der Waals surface area contributed by atoms with Crippen molar-refractivity contribution in [2.75, 3.05) is 4.90 Å². The lowest BCUT2D eigenvalue weighted by atomic mass is 9.81. The quantitative estimate of drug-likeness (QED) is 0.164. The molecular formula is C55H39NS. The Kier molecular flexibility index (Phi) is 7.77. The van der Waals surface area contributed by atoms with Gasteiger partial charge in [-0.25, -0.2) is 0 Å². The predicted octanol–water partition coefficient (Wildman–Crippen LogP) is 16.0. The van der Waals surface area contributed by atoms with Gasteiger partial charge in [-0.3, -0.25) is 0 Å². The second-order valence-corrected chi connectivity index (χ2v) is 16.8. The van der Waals surface area contributed by atoms with E-state index in [-0.39, 0.29) is 5.41 Å². The minimum absolute atomic E-state index is 0.0362. The molecule has 10 aromatic rings. The zero-order chi connectivity index (χ0) is 38.1. The van der Waals surface area contributed by atoms with Gasteiger partial charge >= 0.3 is 0 Å². The van der Waals surface area contributed by atoms with E-state index in [4.69, 9.17) is 0 Å². The van der Waals surface area contributed by atoms with Crippen LogP contribution in [0.3, 0.4) is 0 Å². The fourth-order valence-electron chi connectivity index (χ4n) is 9.17. The van der Waals surface area contributed by atoms with Crippen LogP contribution in [0.1, 0.15) is 25.0 Å². The van der Waals surface area contributed by atoms with E-state index in [1.54, 1.807) is 0 Å². The third-order valence-electron chi connectivity index (χ3n) is 12.1. The first-order valence-corrected chi connectivity index (χ1v) is 20.6. The molecule has 1 aliphatic carbocycles. The standard InChI is InChI=1S/C55H39NS/c1-55(2)51-19-7-5-14-47(51)48-34-27-40(35-52(48)55)36-21-28-41(29-22-36)56(42-30-23-38(24-31-42)45-16-9-12-37-11-3-4-13-44(37)45)43-32-25-39(26-33-43)46-17-10-18-50-49-15-6-8-20-53(49)57-54(46)50/h3-35H,1-2H3. The number of nitrogens with zero attached hydrogens (tertiary/aromatic N) is 1. The average Bonchev–Trinajstić information content (AvgIpc) is 3.76. The van der Waals surface area contributed by atoms with Gasteiger partial charge in [-0.2, -0.15) is 0 Å². The zero-order valence-corrected chi connectivity index (χ0v) is 32.7. The summed E-state index contributed by atoms with van der Waals surface area (Å²) >= 11 is 1.88. The maximum Gasteiger partial charge on any atom is 0.0462 e. The van der Waals surface area contributed by atoms with Crippen molar-refractivity contribution in [3.05, 3.63) is 211 Å². The van der Waals surface area contributed by atoms with Gasteiger partial charge in [0, 0.05) is 42.6 Å². The van der Waals surface area contributed by atoms with Crippen LogP contribution in [-0.4, -0.2) is 0 Å². The molecule has 270 valence electrons. The number of thiophene rings is 1. The molecule has 9 aromatic carbocycles. The van der Waals surface area contributed by atoms with Gasteiger partial charge < -0.3 is 4.90 Å². The fourth-order valence-corrected chi connectivity index (χ4v) is 10.4. The van der Waals surface area contributed by atoms with Gasteiger partial charge in [0.15, 0.2) is 0 Å². The van der Waals surface area contributed by atoms with Crippen LogP contribution in [0.15, 0.2) is 200 Å². The number of fused-ring (bicyclic) bond motifs is 7. The van der Waals surface area contributed by atoms with E-state index in [1.165, 1.54) is 86.6 Å². The van der Waals surface area contributed by atoms with Gasteiger partial charge in [0.25, 0.3) is 0 Å². The molecule has 0 N–H and O–H groups in total. The van der Waals surface area contributed by atoms with Crippen molar-refractivity contribution >= 4 is 59.3 Å². The monoisotopic (exact) mass is 745 g/mol. The highest BCUT2D eigenvalue weighted by atomic mass is 32.1. The topological polar surface area (TPSA) is 3.24 Å². The van der Waals surface area contributed by atoms with Gasteiger partial charge in [0.2, 0.25) is 0 Å². The normalized spacial score (nSPS) is 12.9. The van der Waals surface area contributed by atoms with Crippen LogP contribution in [0.4, 0.5) is 17.1 Å². The Hall–Kier alpha value is -6.74. The van der Waals surface area contributed by atoms with E-state index in [0.29, 0.717) is 0 Å². The summed E-state index contributed by atoms with van der Waals surface area (Å²) in [6.07, 6.45) is 0. The van der Waals surface area contributed by atoms with Crippen molar-refractivity contribution in [3.8, 4) is 44.5 Å². The van der Waals surface area contributed by atoms with Gasteiger partial charge in [0.1, 0.15) is 0 Å². The average molecular weight is 746 g/mol. The Morgan fingerprint density at radius 2 is 0.877 bits per heavy atom. The molecule has 11 rings (SSSR count). The summed E-state index contributed by atoms with van der Waals surface area (Å²) in [5.74, 6) is 0. The highest BCUT2D eigenvalue weighted by Crippen LogP contribution is 2.50. The van der Waals surface area contributed by atoms with Gasteiger partial charge in [-0.1, -0.05) is 166 Å². The Morgan fingerprint density at radius 3 is 1.63 bits per heavy atom. The van der Waals surface area contributed by atoms with Crippen LogP contribution in [0.5, 0.6) is 0 Å². The van der Waals surface area contributed by atoms with E-state index in [1.807, 2.05) is 11.3 Å². The second-order valence-electron chi connectivity index (χ2n) is 15.7. The number of rotatable bonds is 6. The maximum absolute atomic E-state index is 2.41. The molecule has 0 bridgehead atoms. The fraction of sp³-hybridized carbons (Fsp3) is 0.0545. The van der Waals surface area contributed by atoms with E-state index in [0.717, 1.165) is 17.1 Å². The molecule has 1 aliphatic rings. The summed E-state index contributed by atoms with van der Waals surface area (Å²) in [4.78, 5) is 2.38. The molecule has 0 radical (unpaired) electrons. The minimum atomic E-state index is -0.0362. The Labute approximate surface area is 337 Å². The smallest absolute Gasteiger partial charge is 0.0462 e. The highest BCUT2D eigenvalue weighted by molar-refractivity contribution is 7.26. The van der Waals surface area contributed by atoms with E-state index < -0.39 is 0 Å². The largest absolute Gasteiger partial charge is 0.311 e. The molecule has 2 heteroatoms. The van der Waals surface area contributed by atoms with E-state index in [9.17, 15) is 0 Å². The SMILES string of the molecule is CC1(C)c2ccccc2-c2ccc(-c3ccc(N(c4ccc(-c5cccc6ccccc56)cc4)c4ccc(-c5cccc6c5sc5ccccc56)cc4)cc3)cc21. The van der Waals surface area contributed by atoms with Crippen molar-refractivity contribution in [2.45, 2.75) is 19.3 Å². The molecule has 1 aromatic heterocycles. The Balaban J connectivity index is 0.983. The number of benzene rings is 9. The van der Waals surface area contributed by atoms with Gasteiger partial charge in [-0.15, -0.1) is 11.3 Å². The second kappa shape index (κ2) is 13.2. The first-order valence-electron chi connectivity index (χ1n) is 19.8. The summed E-state index contributed by atoms with van der Waals surface area (Å²) in [5.41, 5.74) is 16.2. The molecule has 0 amide bonds. The molecule has 0 saturated heterocycles. The number of hydrogen-bond acceptors (Lipinski definition) is 2. The molecule has 0 saturated carbocycles. The van der Waals surface area contributed by atoms with Crippen LogP contribution in [0.25, 0.3) is 75.5 Å². The van der Waals surface area contributed by atoms with Gasteiger partial charge in [0.05, 0.1) is 0 Å². The van der Waals surface area contributed by atoms with Crippen LogP contribution < -0.4 is 4.90 Å². The van der Waals surface area contributed by atoms with E-state index >= 15 is 0 Å². The lowest BCUT2D eigenvalue weighted by Gasteiger charge is -2.26. The van der Waals surface area contributed by atoms with Crippen LogP contribution in [0.2, 0.25) is 0 Å². The molecule has 0 unspecified atom stereocenters. The molecular weight excluding hydrogens is 707 g/mol. The third-order valence-corrected chi connectivity index (χ3v) is 13.3. The lowest BCUT2D eigenvalue weighted by molar-refractivity contribution is 0.660. The summed E-state index contributed by atoms with van der Waals surface area (Å²) in [6, 6.07) is 73.8. The van der Waals surface area contributed by atoms with Crippen LogP contribution in [-0.2, 0) is 5.41 Å². The summed E-state index contributed by atoms with van der Waals surface area (Å²) in [7, 11) is 0. The predicted molar refractivity (Wildman–Crippen MR) is 245 cm³/mol. The van der Waals surface area contributed by atoms with Crippen LogP contribution >= 0.6 is 11.3 Å². The highest BCUT2D eigenvalue weighted by Gasteiger charge is 2.35. The molecule has 57 heavy (non-hydrogen) atoms. The number of hydrogen-bond donors (Lipinski definition) is 0. The summed E-state index contributed by atoms with van der Waals surface area (Å²) < 4.78 is 2.66. The van der Waals surface area contributed by atoms with Crippen LogP contribution in [0, 0.1) is 0 Å². The Bertz CT molecular complexity index is 3130. The Morgan fingerprint density at radius 1 is 0.368 bits per heavy atom. The first kappa shape index (κ1) is 33.6. The summed E-state index contributed by atoms with van der Waals surface area (Å²) in [5, 5.41) is 5.17. The minimum Gasteiger partial charge on any atom is -0.311 e. The molecule has 0 fully saturated rings. The molecule has 0 spiro atoms. The number of anilines is 3. The third kappa shape index (κ3) is 5.51. The molecule has 1 nitrogen and oxygen atoms in total. The van der Waals surface area contributed by atoms with Crippen molar-refractivity contribution in [1.82, 2.24) is 0 Å². The summed E-state index contributed by atoms with van der Waals surface area (Å²) in [6.45, 7) is 4.70. The molecule has 1 heterocycles. The van der Waals surface area contributed by atoms with Crippen molar-refractivity contribution < 1.29 is 0 Å². The van der Waals surface area contributed by atoms with E-state index in [2.05, 4.69) is 219 Å². The molecule has 0 aliphatic heterocycles. The maximum atomic E-state index is 2.41. The molecule has 0 atom stereocenters. The van der Waals surface area contributed by atoms with Crippen molar-refractivity contribution in [3.63, 3.8) is 0 Å². The first-order chi connectivity index (χ1) is 28.0. The van der Waals surface area contributed by atoms with Crippen molar-refractivity contribution in [1.29, 1.82) is 0 Å². The van der Waals surface area contributed by atoms with Crippen molar-refractivity contribution in [2.24, 2.45) is 0 Å².